The molecule has 0 unspecified atom stereocenters. The molecule has 2 aromatic heterocycles. The van der Waals surface area contributed by atoms with Crippen LogP contribution in [0.2, 0.25) is 0 Å². The number of nitrogens with zero attached hydrogens (tertiary/aromatic N) is 3. The van der Waals surface area contributed by atoms with E-state index in [1.807, 2.05) is 86.9 Å². The van der Waals surface area contributed by atoms with Crippen molar-refractivity contribution in [2.75, 3.05) is 5.32 Å². The number of aryl methyl sites for hydroxylation is 3. The molecule has 0 bridgehead atoms. The minimum Gasteiger partial charge on any atom is -0.335 e. The second kappa shape index (κ2) is 8.22. The molecule has 0 spiro atoms. The fraction of sp³-hybridized carbons (Fsp3) is 0.240. The second-order valence-corrected chi connectivity index (χ2v) is 7.75. The summed E-state index contributed by atoms with van der Waals surface area (Å²) in [6.07, 6.45) is 2.31. The van der Waals surface area contributed by atoms with Crippen LogP contribution in [0.25, 0.3) is 16.5 Å². The van der Waals surface area contributed by atoms with Gasteiger partial charge < -0.3 is 9.88 Å². The van der Waals surface area contributed by atoms with Crippen LogP contribution < -0.4 is 10.9 Å². The molecule has 6 nitrogen and oxygen atoms in total. The van der Waals surface area contributed by atoms with Crippen LogP contribution in [0.5, 0.6) is 0 Å². The van der Waals surface area contributed by atoms with Crippen LogP contribution in [0.3, 0.4) is 0 Å². The van der Waals surface area contributed by atoms with E-state index in [9.17, 15) is 9.59 Å². The number of hydrogen-bond acceptors (Lipinski definition) is 3. The molecule has 1 amide bonds. The van der Waals surface area contributed by atoms with Gasteiger partial charge in [0.1, 0.15) is 6.04 Å². The highest BCUT2D eigenvalue weighted by Gasteiger charge is 2.26. The van der Waals surface area contributed by atoms with Gasteiger partial charge in [0.15, 0.2) is 0 Å². The first-order valence-corrected chi connectivity index (χ1v) is 10.4. The van der Waals surface area contributed by atoms with Crippen LogP contribution in [0.4, 0.5) is 5.69 Å². The van der Waals surface area contributed by atoms with Crippen molar-refractivity contribution in [2.45, 2.75) is 40.2 Å². The first kappa shape index (κ1) is 20.6. The van der Waals surface area contributed by atoms with Crippen molar-refractivity contribution in [3.05, 3.63) is 88.1 Å². The van der Waals surface area contributed by atoms with Gasteiger partial charge in [0.25, 0.3) is 5.56 Å². The molecule has 2 heterocycles. The Labute approximate surface area is 181 Å². The molecule has 158 valence electrons. The molecule has 0 aliphatic carbocycles. The predicted molar refractivity (Wildman–Crippen MR) is 124 cm³/mol. The number of carbonyl (C=O) groups is 1. The summed E-state index contributed by atoms with van der Waals surface area (Å²) in [6.45, 7) is 7.78. The molecule has 0 saturated carbocycles. The maximum absolute atomic E-state index is 13.3. The number of rotatable bonds is 5. The Morgan fingerprint density at radius 1 is 1.00 bits per heavy atom. The van der Waals surface area contributed by atoms with E-state index in [1.165, 1.54) is 4.68 Å². The largest absolute Gasteiger partial charge is 0.335 e. The van der Waals surface area contributed by atoms with Crippen LogP contribution in [0.1, 0.15) is 36.3 Å². The van der Waals surface area contributed by atoms with Crippen molar-refractivity contribution in [2.24, 2.45) is 0 Å². The van der Waals surface area contributed by atoms with Gasteiger partial charge in [0.05, 0.1) is 17.3 Å². The number of fused-ring (bicyclic) bond motifs is 1. The fourth-order valence-corrected chi connectivity index (χ4v) is 4.21. The zero-order chi connectivity index (χ0) is 22.1. The molecule has 1 N–H and O–H groups in total. The highest BCUT2D eigenvalue weighted by molar-refractivity contribution is 5.96. The Kier molecular flexibility index (Phi) is 5.46. The average molecular weight is 415 g/mol. The Balaban J connectivity index is 1.81. The smallest absolute Gasteiger partial charge is 0.281 e. The van der Waals surface area contributed by atoms with E-state index in [-0.39, 0.29) is 11.5 Å². The second-order valence-electron chi connectivity index (χ2n) is 7.75. The summed E-state index contributed by atoms with van der Waals surface area (Å²) < 4.78 is 3.38. The van der Waals surface area contributed by atoms with Crippen molar-refractivity contribution in [3.63, 3.8) is 0 Å². The lowest BCUT2D eigenvalue weighted by atomic mass is 10.1. The van der Waals surface area contributed by atoms with Gasteiger partial charge in [-0.1, -0.05) is 43.3 Å². The summed E-state index contributed by atoms with van der Waals surface area (Å²) >= 11 is 0. The van der Waals surface area contributed by atoms with Crippen LogP contribution in [0.15, 0.2) is 65.6 Å². The van der Waals surface area contributed by atoms with Gasteiger partial charge in [-0.3, -0.25) is 9.59 Å². The monoisotopic (exact) mass is 414 g/mol. The molecule has 1 atom stereocenters. The normalized spacial score (nSPS) is 12.1. The average Bonchev–Trinajstić information content (AvgIpc) is 3.02. The van der Waals surface area contributed by atoms with Crippen molar-refractivity contribution in [3.8, 4) is 5.69 Å². The van der Waals surface area contributed by atoms with E-state index in [0.717, 1.165) is 28.0 Å². The van der Waals surface area contributed by atoms with Gasteiger partial charge in [-0.05, 0) is 51.0 Å². The van der Waals surface area contributed by atoms with E-state index < -0.39 is 6.04 Å². The van der Waals surface area contributed by atoms with Gasteiger partial charge >= 0.3 is 0 Å². The molecule has 4 rings (SSSR count). The van der Waals surface area contributed by atoms with E-state index in [0.29, 0.717) is 17.5 Å². The Morgan fingerprint density at radius 2 is 1.68 bits per heavy atom. The zero-order valence-corrected chi connectivity index (χ0v) is 18.2. The summed E-state index contributed by atoms with van der Waals surface area (Å²) in [5.74, 6) is -0.0975. The summed E-state index contributed by atoms with van der Waals surface area (Å²) in [5.41, 5.74) is 3.97. The number of hydrogen-bond donors (Lipinski definition) is 1. The van der Waals surface area contributed by atoms with Gasteiger partial charge in [-0.25, -0.2) is 0 Å². The Bertz CT molecular complexity index is 1320. The lowest BCUT2D eigenvalue weighted by Crippen LogP contribution is -2.27. The van der Waals surface area contributed by atoms with E-state index in [1.54, 1.807) is 6.20 Å². The molecule has 6 heteroatoms. The zero-order valence-electron chi connectivity index (χ0n) is 18.2. The lowest BCUT2D eigenvalue weighted by Gasteiger charge is -2.21. The van der Waals surface area contributed by atoms with Gasteiger partial charge in [0, 0.05) is 22.5 Å². The molecule has 0 fully saturated rings. The fourth-order valence-electron chi connectivity index (χ4n) is 4.21. The topological polar surface area (TPSA) is 68.9 Å². The molecule has 0 aliphatic rings. The first-order chi connectivity index (χ1) is 14.9. The Morgan fingerprint density at radius 3 is 2.35 bits per heavy atom. The quantitative estimate of drug-likeness (QED) is 0.515. The van der Waals surface area contributed by atoms with Crippen LogP contribution >= 0.6 is 0 Å². The van der Waals surface area contributed by atoms with E-state index in [4.69, 9.17) is 0 Å². The minimum atomic E-state index is -0.434. The van der Waals surface area contributed by atoms with E-state index in [2.05, 4.69) is 10.4 Å². The van der Waals surface area contributed by atoms with Crippen molar-refractivity contribution in [1.29, 1.82) is 0 Å². The number of amides is 1. The number of para-hydroxylation sites is 2. The molecule has 4 aromatic rings. The maximum Gasteiger partial charge on any atom is 0.281 e. The summed E-state index contributed by atoms with van der Waals surface area (Å²) in [6, 6.07) is 16.6. The molecule has 0 aliphatic heterocycles. The van der Waals surface area contributed by atoms with Gasteiger partial charge in [-0.15, -0.1) is 0 Å². The SMILES string of the molecule is CC[C@@H](C(=O)Nc1ccccc1C)n1c(C)c2cnn(-c3ccccc3)c(=O)c2c1C. The molecule has 0 saturated heterocycles. The standard InChI is InChI=1S/C25H26N4O2/c1-5-22(24(30)27-21-14-10-9-11-16(21)2)28-17(3)20-15-26-29(19-12-7-6-8-13-19)25(31)23(20)18(28)4/h6-15,22H,5H2,1-4H3,(H,27,30)/t22-/m0/s1. The molecule has 31 heavy (non-hydrogen) atoms. The number of benzene rings is 2. The maximum atomic E-state index is 13.3. The minimum absolute atomic E-state index is 0.0975. The lowest BCUT2D eigenvalue weighted by molar-refractivity contribution is -0.119. The number of nitrogens with one attached hydrogen (secondary N) is 1. The number of aromatic nitrogens is 3. The predicted octanol–water partition coefficient (Wildman–Crippen LogP) is 4.70. The third-order valence-corrected chi connectivity index (χ3v) is 5.86. The highest BCUT2D eigenvalue weighted by Crippen LogP contribution is 2.29. The summed E-state index contributed by atoms with van der Waals surface area (Å²) in [4.78, 5) is 26.5. The first-order valence-electron chi connectivity index (χ1n) is 10.4. The third kappa shape index (κ3) is 3.54. The van der Waals surface area contributed by atoms with Crippen molar-refractivity contribution in [1.82, 2.24) is 14.3 Å². The summed E-state index contributed by atoms with van der Waals surface area (Å²) in [5, 5.41) is 8.81. The molecule has 2 aromatic carbocycles. The summed E-state index contributed by atoms with van der Waals surface area (Å²) in [7, 11) is 0. The van der Waals surface area contributed by atoms with Crippen LogP contribution in [-0.4, -0.2) is 20.3 Å². The van der Waals surface area contributed by atoms with Crippen LogP contribution in [-0.2, 0) is 4.79 Å². The molecular weight excluding hydrogens is 388 g/mol. The van der Waals surface area contributed by atoms with E-state index >= 15 is 0 Å². The van der Waals surface area contributed by atoms with Gasteiger partial charge in [-0.2, -0.15) is 9.78 Å². The van der Waals surface area contributed by atoms with Crippen molar-refractivity contribution >= 4 is 22.4 Å². The van der Waals surface area contributed by atoms with Crippen LogP contribution in [0, 0.1) is 20.8 Å². The highest BCUT2D eigenvalue weighted by atomic mass is 16.2. The molecular formula is C25H26N4O2. The number of anilines is 1. The van der Waals surface area contributed by atoms with Crippen molar-refractivity contribution < 1.29 is 4.79 Å². The molecule has 0 radical (unpaired) electrons. The Hall–Kier alpha value is -3.67. The third-order valence-electron chi connectivity index (χ3n) is 5.86. The van der Waals surface area contributed by atoms with Gasteiger partial charge in [0.2, 0.25) is 5.91 Å². The number of carbonyl (C=O) groups excluding carboxylic acids is 1.